The molecular weight excluding hydrogens is 399 g/mol. The standard InChI is InChI=1S/C20H18N4O2.2ClH/c21-19(22)13-1-5-15(6-2-13)25-17-9-11-18(12-10-17)26-16-7-3-14(4-8-16)20(23)24;;/h1-12H,(H3,21,22)(H3,23,24);2*1H. The zero-order valence-corrected chi connectivity index (χ0v) is 16.3. The highest BCUT2D eigenvalue weighted by Gasteiger charge is 2.02. The lowest BCUT2D eigenvalue weighted by Gasteiger charge is -2.09. The Hall–Kier alpha value is -3.22. The minimum Gasteiger partial charge on any atom is -0.457 e. The van der Waals surface area contributed by atoms with Crippen molar-refractivity contribution in [3.05, 3.63) is 83.9 Å². The number of halogens is 2. The third kappa shape index (κ3) is 5.90. The van der Waals surface area contributed by atoms with Gasteiger partial charge in [0.1, 0.15) is 34.7 Å². The van der Waals surface area contributed by atoms with Gasteiger partial charge in [0, 0.05) is 11.1 Å². The summed E-state index contributed by atoms with van der Waals surface area (Å²) < 4.78 is 11.5. The molecule has 0 heterocycles. The summed E-state index contributed by atoms with van der Waals surface area (Å²) in [5, 5.41) is 14.8. The van der Waals surface area contributed by atoms with Crippen LogP contribution in [0.3, 0.4) is 0 Å². The Morgan fingerprint density at radius 2 is 0.714 bits per heavy atom. The smallest absolute Gasteiger partial charge is 0.127 e. The molecule has 28 heavy (non-hydrogen) atoms. The normalized spacial score (nSPS) is 9.43. The van der Waals surface area contributed by atoms with Gasteiger partial charge in [0.25, 0.3) is 0 Å². The summed E-state index contributed by atoms with van der Waals surface area (Å²) in [6.07, 6.45) is 0. The van der Waals surface area contributed by atoms with Crippen LogP contribution in [0.15, 0.2) is 72.8 Å². The summed E-state index contributed by atoms with van der Waals surface area (Å²) in [6, 6.07) is 21.2. The molecule has 0 aliphatic rings. The van der Waals surface area contributed by atoms with E-state index in [2.05, 4.69) is 0 Å². The van der Waals surface area contributed by atoms with E-state index in [1.807, 2.05) is 0 Å². The summed E-state index contributed by atoms with van der Waals surface area (Å²) in [5.41, 5.74) is 12.2. The zero-order valence-electron chi connectivity index (χ0n) is 14.7. The molecule has 3 aromatic rings. The Morgan fingerprint density at radius 3 is 0.929 bits per heavy atom. The zero-order chi connectivity index (χ0) is 18.5. The number of ether oxygens (including phenoxy) is 2. The highest BCUT2D eigenvalue weighted by atomic mass is 35.5. The molecule has 6 N–H and O–H groups in total. The minimum absolute atomic E-state index is 0. The predicted molar refractivity (Wildman–Crippen MR) is 116 cm³/mol. The fourth-order valence-electron chi connectivity index (χ4n) is 2.25. The second-order valence-corrected chi connectivity index (χ2v) is 5.55. The molecule has 0 spiro atoms. The van der Waals surface area contributed by atoms with Crippen LogP contribution in [0.5, 0.6) is 23.0 Å². The topological polar surface area (TPSA) is 118 Å². The number of hydrogen-bond acceptors (Lipinski definition) is 4. The van der Waals surface area contributed by atoms with E-state index in [1.54, 1.807) is 72.8 Å². The van der Waals surface area contributed by atoms with Crippen LogP contribution in [0.25, 0.3) is 0 Å². The van der Waals surface area contributed by atoms with Crippen molar-refractivity contribution in [2.24, 2.45) is 11.5 Å². The molecule has 0 radical (unpaired) electrons. The van der Waals surface area contributed by atoms with E-state index in [9.17, 15) is 0 Å². The Bertz CT molecular complexity index is 849. The molecule has 8 heteroatoms. The second-order valence-electron chi connectivity index (χ2n) is 5.55. The first-order chi connectivity index (χ1) is 12.5. The van der Waals surface area contributed by atoms with E-state index < -0.39 is 0 Å². The lowest BCUT2D eigenvalue weighted by molar-refractivity contribution is 0.469. The quantitative estimate of drug-likeness (QED) is 0.343. The van der Waals surface area contributed by atoms with E-state index in [-0.39, 0.29) is 36.5 Å². The van der Waals surface area contributed by atoms with Gasteiger partial charge >= 0.3 is 0 Å². The first-order valence-electron chi connectivity index (χ1n) is 7.86. The Morgan fingerprint density at radius 1 is 0.500 bits per heavy atom. The maximum Gasteiger partial charge on any atom is 0.127 e. The van der Waals surface area contributed by atoms with Crippen LogP contribution in [0, 0.1) is 10.8 Å². The van der Waals surface area contributed by atoms with Crippen LogP contribution in [0.4, 0.5) is 0 Å². The fraction of sp³-hybridized carbons (Fsp3) is 0. The molecule has 3 aromatic carbocycles. The van der Waals surface area contributed by atoms with Gasteiger partial charge in [-0.2, -0.15) is 0 Å². The first-order valence-corrected chi connectivity index (χ1v) is 7.86. The molecule has 0 aliphatic heterocycles. The highest BCUT2D eigenvalue weighted by Crippen LogP contribution is 2.27. The summed E-state index contributed by atoms with van der Waals surface area (Å²) in [6.45, 7) is 0. The molecule has 0 unspecified atom stereocenters. The van der Waals surface area contributed by atoms with Crippen LogP contribution in [-0.2, 0) is 0 Å². The van der Waals surface area contributed by atoms with Crippen molar-refractivity contribution in [1.82, 2.24) is 0 Å². The highest BCUT2D eigenvalue weighted by molar-refractivity contribution is 5.95. The largest absolute Gasteiger partial charge is 0.457 e. The van der Waals surface area contributed by atoms with E-state index in [0.29, 0.717) is 34.1 Å². The van der Waals surface area contributed by atoms with E-state index in [1.165, 1.54) is 0 Å². The van der Waals surface area contributed by atoms with Crippen molar-refractivity contribution in [2.75, 3.05) is 0 Å². The van der Waals surface area contributed by atoms with Crippen molar-refractivity contribution >= 4 is 36.5 Å². The number of hydrogen-bond donors (Lipinski definition) is 4. The number of benzene rings is 3. The van der Waals surface area contributed by atoms with Crippen molar-refractivity contribution in [3.8, 4) is 23.0 Å². The molecule has 146 valence electrons. The van der Waals surface area contributed by atoms with Gasteiger partial charge in [-0.05, 0) is 72.8 Å². The predicted octanol–water partition coefficient (Wildman–Crippen LogP) is 4.68. The molecule has 3 rings (SSSR count). The summed E-state index contributed by atoms with van der Waals surface area (Å²) >= 11 is 0. The SMILES string of the molecule is Cl.Cl.N=C(N)c1ccc(Oc2ccc(Oc3ccc(C(=N)N)cc3)cc2)cc1. The maximum atomic E-state index is 7.38. The van der Waals surface area contributed by atoms with Gasteiger partial charge < -0.3 is 20.9 Å². The van der Waals surface area contributed by atoms with Gasteiger partial charge in [-0.15, -0.1) is 24.8 Å². The van der Waals surface area contributed by atoms with Crippen LogP contribution < -0.4 is 20.9 Å². The van der Waals surface area contributed by atoms with Crippen molar-refractivity contribution < 1.29 is 9.47 Å². The third-order valence-electron chi connectivity index (χ3n) is 3.63. The summed E-state index contributed by atoms with van der Waals surface area (Å²) in [5.74, 6) is 2.69. The molecular formula is C20H20Cl2N4O2. The Kier molecular flexibility index (Phi) is 8.31. The fourth-order valence-corrected chi connectivity index (χ4v) is 2.25. The third-order valence-corrected chi connectivity index (χ3v) is 3.63. The van der Waals surface area contributed by atoms with Crippen molar-refractivity contribution in [2.45, 2.75) is 0 Å². The van der Waals surface area contributed by atoms with Gasteiger partial charge in [0.2, 0.25) is 0 Å². The van der Waals surface area contributed by atoms with Gasteiger partial charge in [0.15, 0.2) is 0 Å². The lowest BCUT2D eigenvalue weighted by atomic mass is 10.2. The molecule has 0 bridgehead atoms. The maximum absolute atomic E-state index is 7.38. The summed E-state index contributed by atoms with van der Waals surface area (Å²) in [4.78, 5) is 0. The number of nitrogen functional groups attached to an aromatic ring is 2. The molecule has 0 atom stereocenters. The van der Waals surface area contributed by atoms with E-state index in [4.69, 9.17) is 31.8 Å². The molecule has 0 fully saturated rings. The van der Waals surface area contributed by atoms with E-state index in [0.717, 1.165) is 0 Å². The van der Waals surface area contributed by atoms with Gasteiger partial charge in [-0.3, -0.25) is 10.8 Å². The van der Waals surface area contributed by atoms with E-state index >= 15 is 0 Å². The Balaban J connectivity index is 0.00000196. The molecule has 0 saturated carbocycles. The first kappa shape index (κ1) is 22.8. The van der Waals surface area contributed by atoms with Gasteiger partial charge in [-0.25, -0.2) is 0 Å². The number of nitrogens with two attached hydrogens (primary N) is 2. The average molecular weight is 419 g/mol. The van der Waals surface area contributed by atoms with Crippen LogP contribution in [0.2, 0.25) is 0 Å². The van der Waals surface area contributed by atoms with Crippen molar-refractivity contribution in [3.63, 3.8) is 0 Å². The molecule has 0 aliphatic carbocycles. The molecule has 0 saturated heterocycles. The van der Waals surface area contributed by atoms with Crippen LogP contribution >= 0.6 is 24.8 Å². The monoisotopic (exact) mass is 418 g/mol. The molecule has 6 nitrogen and oxygen atoms in total. The molecule has 0 aromatic heterocycles. The number of nitrogens with one attached hydrogen (secondary N) is 2. The van der Waals surface area contributed by atoms with Crippen LogP contribution in [0.1, 0.15) is 11.1 Å². The second kappa shape index (κ2) is 10.2. The average Bonchev–Trinajstić information content (AvgIpc) is 2.64. The van der Waals surface area contributed by atoms with Crippen molar-refractivity contribution in [1.29, 1.82) is 10.8 Å². The lowest BCUT2D eigenvalue weighted by Crippen LogP contribution is -2.10. The number of rotatable bonds is 6. The molecule has 0 amide bonds. The minimum atomic E-state index is 0. The number of amidine groups is 2. The van der Waals surface area contributed by atoms with Crippen LogP contribution in [-0.4, -0.2) is 11.7 Å². The van der Waals surface area contributed by atoms with Gasteiger partial charge in [0.05, 0.1) is 0 Å². The summed E-state index contributed by atoms with van der Waals surface area (Å²) in [7, 11) is 0. The Labute approximate surface area is 175 Å². The van der Waals surface area contributed by atoms with Gasteiger partial charge in [-0.1, -0.05) is 0 Å².